The topological polar surface area (TPSA) is 73.4 Å². The van der Waals surface area contributed by atoms with Crippen LogP contribution >= 0.6 is 11.9 Å². The highest BCUT2D eigenvalue weighted by molar-refractivity contribution is 7.97. The lowest BCUT2D eigenvalue weighted by atomic mass is 9.92. The average Bonchev–Trinajstić information content (AvgIpc) is 2.68. The summed E-state index contributed by atoms with van der Waals surface area (Å²) in [6.07, 6.45) is 5.83. The van der Waals surface area contributed by atoms with Crippen LogP contribution in [0.1, 0.15) is 15.9 Å². The van der Waals surface area contributed by atoms with Gasteiger partial charge in [-0.1, -0.05) is 12.1 Å². The van der Waals surface area contributed by atoms with Crippen LogP contribution in [0.3, 0.4) is 0 Å². The highest BCUT2D eigenvalue weighted by atomic mass is 32.2. The third kappa shape index (κ3) is 3.07. The molecule has 2 aliphatic rings. The zero-order valence-electron chi connectivity index (χ0n) is 13.7. The average molecular weight is 369 g/mol. The van der Waals surface area contributed by atoms with Crippen molar-refractivity contribution >= 4 is 29.2 Å². The number of carbonyl (C=O) groups is 1. The van der Waals surface area contributed by atoms with Gasteiger partial charge in [-0.05, 0) is 70.8 Å². The summed E-state index contributed by atoms with van der Waals surface area (Å²) in [5, 5.41) is 15.8. The molecule has 0 aliphatic carbocycles. The molecular weight excluding hydrogens is 353 g/mol. The van der Waals surface area contributed by atoms with E-state index in [0.717, 1.165) is 27.3 Å². The second kappa shape index (κ2) is 6.86. The molecule has 0 amide bonds. The lowest BCUT2D eigenvalue weighted by Gasteiger charge is -2.23. The Morgan fingerprint density at radius 2 is 2.08 bits per heavy atom. The number of hydrogen-bond donors (Lipinski definition) is 4. The molecular formula is C19H16FN3O2S. The van der Waals surface area contributed by atoms with Crippen LogP contribution in [0.5, 0.6) is 0 Å². The molecule has 0 radical (unpaired) electrons. The van der Waals surface area contributed by atoms with Gasteiger partial charge in [-0.2, -0.15) is 0 Å². The summed E-state index contributed by atoms with van der Waals surface area (Å²) in [6, 6.07) is 8.29. The minimum absolute atomic E-state index is 0.328. The molecule has 2 heterocycles. The fraction of sp³-hybridized carbons (Fsp3) is 0.105. The Morgan fingerprint density at radius 3 is 2.85 bits per heavy atom. The van der Waals surface area contributed by atoms with E-state index in [1.807, 2.05) is 24.4 Å². The normalized spacial score (nSPS) is 15.5. The number of allylic oxidation sites excluding steroid dienone is 2. The quantitative estimate of drug-likeness (QED) is 0.619. The Kier molecular flexibility index (Phi) is 4.40. The number of carboxylic acid groups (broad SMARTS) is 1. The smallest absolute Gasteiger partial charge is 0.338 e. The summed E-state index contributed by atoms with van der Waals surface area (Å²) in [4.78, 5) is 12.3. The number of carboxylic acids is 1. The Morgan fingerprint density at radius 1 is 1.19 bits per heavy atom. The first-order chi connectivity index (χ1) is 12.6. The van der Waals surface area contributed by atoms with Crippen LogP contribution < -0.4 is 15.4 Å². The van der Waals surface area contributed by atoms with Crippen LogP contribution in [0, 0.1) is 5.82 Å². The molecule has 0 saturated heterocycles. The highest BCUT2D eigenvalue weighted by Gasteiger charge is 2.19. The molecule has 0 bridgehead atoms. The van der Waals surface area contributed by atoms with Crippen LogP contribution in [-0.4, -0.2) is 24.3 Å². The van der Waals surface area contributed by atoms with E-state index >= 15 is 0 Å². The fourth-order valence-electron chi connectivity index (χ4n) is 3.05. The summed E-state index contributed by atoms with van der Waals surface area (Å²) in [5.74, 6) is -2.01. The summed E-state index contributed by atoms with van der Waals surface area (Å²) in [5.41, 5.74) is 4.29. The van der Waals surface area contributed by atoms with E-state index in [-0.39, 0.29) is 5.56 Å². The number of halogens is 1. The summed E-state index contributed by atoms with van der Waals surface area (Å²) < 4.78 is 17.0. The number of hydrogen-bond acceptors (Lipinski definition) is 5. The van der Waals surface area contributed by atoms with Crippen molar-refractivity contribution in [2.75, 3.05) is 18.5 Å². The number of fused-ring (bicyclic) bond motifs is 1. The van der Waals surface area contributed by atoms with Crippen LogP contribution in [0.15, 0.2) is 53.6 Å². The van der Waals surface area contributed by atoms with E-state index in [2.05, 4.69) is 21.4 Å². The first-order valence-electron chi connectivity index (χ1n) is 8.08. The van der Waals surface area contributed by atoms with E-state index in [1.54, 1.807) is 6.07 Å². The molecule has 0 saturated carbocycles. The largest absolute Gasteiger partial charge is 0.478 e. The number of rotatable bonds is 3. The molecule has 5 nitrogen and oxygen atoms in total. The number of nitrogens with one attached hydrogen (secondary N) is 3. The molecule has 2 aromatic carbocycles. The molecule has 7 heteroatoms. The molecule has 0 spiro atoms. The molecule has 0 atom stereocenters. The third-order valence-electron chi connectivity index (χ3n) is 4.31. The SMILES string of the molecule is O=C(O)c1cc(-c2cc3c(cc2C2=CC=CNC2)NCNS3)ccc1F. The Labute approximate surface area is 154 Å². The predicted octanol–water partition coefficient (Wildman–Crippen LogP) is 3.67. The second-order valence-electron chi connectivity index (χ2n) is 5.93. The fourth-order valence-corrected chi connectivity index (χ4v) is 3.77. The lowest BCUT2D eigenvalue weighted by Crippen LogP contribution is -2.21. The van der Waals surface area contributed by atoms with E-state index in [4.69, 9.17) is 0 Å². The molecule has 132 valence electrons. The molecule has 4 N–H and O–H groups in total. The molecule has 0 unspecified atom stereocenters. The van der Waals surface area contributed by atoms with Gasteiger partial charge in [0.15, 0.2) is 0 Å². The first-order valence-corrected chi connectivity index (χ1v) is 8.89. The van der Waals surface area contributed by atoms with Crippen LogP contribution in [-0.2, 0) is 0 Å². The van der Waals surface area contributed by atoms with Crippen molar-refractivity contribution in [2.24, 2.45) is 0 Å². The molecule has 26 heavy (non-hydrogen) atoms. The van der Waals surface area contributed by atoms with Crippen molar-refractivity contribution in [1.82, 2.24) is 10.0 Å². The van der Waals surface area contributed by atoms with Crippen molar-refractivity contribution in [2.45, 2.75) is 4.90 Å². The van der Waals surface area contributed by atoms with Gasteiger partial charge in [0.05, 0.1) is 17.9 Å². The Bertz CT molecular complexity index is 956. The van der Waals surface area contributed by atoms with Crippen molar-refractivity contribution in [3.05, 3.63) is 65.6 Å². The number of dihydropyridines is 1. The van der Waals surface area contributed by atoms with Gasteiger partial charge in [-0.15, -0.1) is 0 Å². The van der Waals surface area contributed by atoms with Crippen LogP contribution in [0.25, 0.3) is 16.7 Å². The summed E-state index contributed by atoms with van der Waals surface area (Å²) in [6.45, 7) is 1.33. The minimum atomic E-state index is -1.27. The zero-order chi connectivity index (χ0) is 18.1. The van der Waals surface area contributed by atoms with Gasteiger partial charge in [-0.25, -0.2) is 13.9 Å². The van der Waals surface area contributed by atoms with Gasteiger partial charge >= 0.3 is 5.97 Å². The van der Waals surface area contributed by atoms with Gasteiger partial charge < -0.3 is 15.7 Å². The molecule has 2 aromatic rings. The van der Waals surface area contributed by atoms with Crippen molar-refractivity contribution < 1.29 is 14.3 Å². The molecule has 0 aromatic heterocycles. The Balaban J connectivity index is 1.92. The maximum atomic E-state index is 13.8. The summed E-state index contributed by atoms with van der Waals surface area (Å²) >= 11 is 1.51. The molecule has 4 rings (SSSR count). The van der Waals surface area contributed by atoms with E-state index < -0.39 is 11.8 Å². The van der Waals surface area contributed by atoms with E-state index in [1.165, 1.54) is 24.1 Å². The first kappa shape index (κ1) is 16.7. The number of aromatic carboxylic acids is 1. The van der Waals surface area contributed by atoms with Crippen molar-refractivity contribution in [3.8, 4) is 11.1 Å². The van der Waals surface area contributed by atoms with Crippen LogP contribution in [0.2, 0.25) is 0 Å². The van der Waals surface area contributed by atoms with E-state index in [9.17, 15) is 14.3 Å². The number of anilines is 1. The van der Waals surface area contributed by atoms with Gasteiger partial charge in [-0.3, -0.25) is 0 Å². The van der Waals surface area contributed by atoms with Gasteiger partial charge in [0.2, 0.25) is 0 Å². The lowest BCUT2D eigenvalue weighted by molar-refractivity contribution is 0.0692. The predicted molar refractivity (Wildman–Crippen MR) is 101 cm³/mol. The van der Waals surface area contributed by atoms with Gasteiger partial charge in [0.25, 0.3) is 0 Å². The second-order valence-corrected chi connectivity index (χ2v) is 6.86. The van der Waals surface area contributed by atoms with Crippen molar-refractivity contribution in [1.29, 1.82) is 0 Å². The maximum Gasteiger partial charge on any atom is 0.338 e. The standard InChI is InChI=1S/C19H16FN3O2S/c20-16-4-3-11(6-15(16)19(24)25)14-8-18-17(22-10-23-26-18)7-13(14)12-2-1-5-21-9-12/h1-8,21-23H,9-10H2,(H,24,25). The van der Waals surface area contributed by atoms with Crippen LogP contribution in [0.4, 0.5) is 10.1 Å². The third-order valence-corrected chi connectivity index (χ3v) is 5.16. The van der Waals surface area contributed by atoms with E-state index in [0.29, 0.717) is 18.8 Å². The Hall–Kier alpha value is -2.77. The maximum absolute atomic E-state index is 13.8. The highest BCUT2D eigenvalue weighted by Crippen LogP contribution is 2.39. The van der Waals surface area contributed by atoms with Gasteiger partial charge in [0.1, 0.15) is 5.82 Å². The monoisotopic (exact) mass is 369 g/mol. The van der Waals surface area contributed by atoms with Crippen molar-refractivity contribution in [3.63, 3.8) is 0 Å². The molecule has 0 fully saturated rings. The summed E-state index contributed by atoms with van der Waals surface area (Å²) in [7, 11) is 0. The zero-order valence-corrected chi connectivity index (χ0v) is 14.5. The molecule has 2 aliphatic heterocycles. The number of benzene rings is 2. The van der Waals surface area contributed by atoms with Gasteiger partial charge in [0, 0.05) is 11.4 Å². The minimum Gasteiger partial charge on any atom is -0.478 e.